The predicted octanol–water partition coefficient (Wildman–Crippen LogP) is -0.123. The van der Waals surface area contributed by atoms with Gasteiger partial charge in [0.2, 0.25) is 5.91 Å². The Labute approximate surface area is 118 Å². The predicted molar refractivity (Wildman–Crippen MR) is 75.4 cm³/mol. The highest BCUT2D eigenvalue weighted by atomic mass is 16.2. The van der Waals surface area contributed by atoms with Crippen molar-refractivity contribution < 1.29 is 4.79 Å². The third-order valence-electron chi connectivity index (χ3n) is 3.77. The fourth-order valence-electron chi connectivity index (χ4n) is 2.56. The van der Waals surface area contributed by atoms with Crippen molar-refractivity contribution in [3.05, 3.63) is 16.3 Å². The molecule has 0 radical (unpaired) electrons. The second-order valence-corrected chi connectivity index (χ2v) is 5.59. The summed E-state index contributed by atoms with van der Waals surface area (Å²) in [6.07, 6.45) is 2.56. The van der Waals surface area contributed by atoms with E-state index in [4.69, 9.17) is 0 Å². The number of aromatic amines is 2. The van der Waals surface area contributed by atoms with Crippen molar-refractivity contribution in [2.24, 2.45) is 5.92 Å². The van der Waals surface area contributed by atoms with E-state index in [0.717, 1.165) is 25.9 Å². The molecule has 1 saturated heterocycles. The molecule has 2 heterocycles. The number of nitrogens with one attached hydrogen (secondary N) is 3. The van der Waals surface area contributed by atoms with Crippen molar-refractivity contribution >= 4 is 5.91 Å². The summed E-state index contributed by atoms with van der Waals surface area (Å²) in [7, 11) is 0. The maximum absolute atomic E-state index is 12.1. The molecule has 1 amide bonds. The van der Waals surface area contributed by atoms with E-state index >= 15 is 0 Å². The van der Waals surface area contributed by atoms with Crippen LogP contribution in [0.5, 0.6) is 0 Å². The van der Waals surface area contributed by atoms with Crippen molar-refractivity contribution in [3.8, 4) is 0 Å². The highest BCUT2D eigenvalue weighted by molar-refractivity contribution is 5.78. The highest BCUT2D eigenvalue weighted by Gasteiger charge is 2.26. The Morgan fingerprint density at radius 1 is 1.55 bits per heavy atom. The number of rotatable bonds is 5. The van der Waals surface area contributed by atoms with Gasteiger partial charge in [-0.15, -0.1) is 0 Å². The molecular formula is C13H23N5O2. The summed E-state index contributed by atoms with van der Waals surface area (Å²) in [5.41, 5.74) is -0.314. The first-order chi connectivity index (χ1) is 9.56. The average molecular weight is 281 g/mol. The van der Waals surface area contributed by atoms with Crippen molar-refractivity contribution in [1.82, 2.24) is 25.4 Å². The van der Waals surface area contributed by atoms with E-state index in [1.165, 1.54) is 0 Å². The molecule has 0 bridgehead atoms. The van der Waals surface area contributed by atoms with Gasteiger partial charge in [-0.3, -0.25) is 9.78 Å². The van der Waals surface area contributed by atoms with Crippen LogP contribution in [0.15, 0.2) is 4.79 Å². The number of aromatic nitrogens is 3. The van der Waals surface area contributed by atoms with Crippen LogP contribution in [0.4, 0.5) is 0 Å². The Morgan fingerprint density at radius 3 is 3.00 bits per heavy atom. The smallest absolute Gasteiger partial charge is 0.340 e. The number of amides is 1. The normalized spacial score (nSPS) is 20.2. The molecule has 1 aliphatic heterocycles. The number of hydrogen-bond acceptors (Lipinski definition) is 4. The van der Waals surface area contributed by atoms with Crippen molar-refractivity contribution in [2.45, 2.75) is 39.2 Å². The Morgan fingerprint density at radius 2 is 2.35 bits per heavy atom. The van der Waals surface area contributed by atoms with Gasteiger partial charge in [-0.05, 0) is 33.2 Å². The summed E-state index contributed by atoms with van der Waals surface area (Å²) in [6.45, 7) is 6.74. The lowest BCUT2D eigenvalue weighted by Gasteiger charge is -2.34. The summed E-state index contributed by atoms with van der Waals surface area (Å²) in [6, 6.07) is 0.486. The molecule has 2 rings (SSSR count). The van der Waals surface area contributed by atoms with Gasteiger partial charge in [0.15, 0.2) is 0 Å². The first kappa shape index (κ1) is 14.8. The lowest BCUT2D eigenvalue weighted by atomic mass is 9.96. The van der Waals surface area contributed by atoms with Crippen LogP contribution in [0.2, 0.25) is 0 Å². The molecular weight excluding hydrogens is 258 g/mol. The molecule has 0 aliphatic carbocycles. The van der Waals surface area contributed by atoms with Gasteiger partial charge in [-0.2, -0.15) is 5.10 Å². The van der Waals surface area contributed by atoms with Crippen LogP contribution in [0.25, 0.3) is 0 Å². The van der Waals surface area contributed by atoms with E-state index in [1.54, 1.807) is 0 Å². The quantitative estimate of drug-likeness (QED) is 0.701. The molecule has 20 heavy (non-hydrogen) atoms. The van der Waals surface area contributed by atoms with Crippen LogP contribution in [-0.4, -0.2) is 51.7 Å². The summed E-state index contributed by atoms with van der Waals surface area (Å²) in [4.78, 5) is 27.9. The first-order valence-corrected chi connectivity index (χ1v) is 7.21. The Balaban J connectivity index is 1.75. The molecule has 112 valence electrons. The van der Waals surface area contributed by atoms with E-state index in [-0.39, 0.29) is 17.5 Å². The summed E-state index contributed by atoms with van der Waals surface area (Å²) in [5, 5.41) is 9.04. The summed E-state index contributed by atoms with van der Waals surface area (Å²) < 4.78 is 0. The number of H-pyrrole nitrogens is 2. The van der Waals surface area contributed by atoms with Gasteiger partial charge in [0.25, 0.3) is 0 Å². The second kappa shape index (κ2) is 6.69. The molecule has 1 atom stereocenters. The topological polar surface area (TPSA) is 93.9 Å². The van der Waals surface area contributed by atoms with Crippen LogP contribution < -0.4 is 11.0 Å². The maximum atomic E-state index is 12.1. The number of carbonyl (C=O) groups excluding carboxylic acids is 1. The maximum Gasteiger partial charge on any atom is 0.340 e. The second-order valence-electron chi connectivity index (χ2n) is 5.59. The minimum Gasteiger partial charge on any atom is -0.355 e. The standard InChI is InChI=1S/C13H23N5O2/c1-9(2)18-7-3-4-10(8-18)12(19)14-6-5-11-15-13(20)17-16-11/h9-10H,3-8H2,1-2H3,(H,14,19)(H2,15,16,17,20)/t10-/m1/s1. The van der Waals surface area contributed by atoms with Gasteiger partial charge >= 0.3 is 5.69 Å². The molecule has 0 aromatic carbocycles. The van der Waals surface area contributed by atoms with Gasteiger partial charge in [-0.25, -0.2) is 9.89 Å². The van der Waals surface area contributed by atoms with Gasteiger partial charge in [0.1, 0.15) is 5.82 Å². The van der Waals surface area contributed by atoms with E-state index in [1.807, 2.05) is 0 Å². The lowest BCUT2D eigenvalue weighted by Crippen LogP contribution is -2.45. The molecule has 7 heteroatoms. The largest absolute Gasteiger partial charge is 0.355 e. The molecule has 1 aromatic rings. The van der Waals surface area contributed by atoms with Crippen LogP contribution in [0.1, 0.15) is 32.5 Å². The van der Waals surface area contributed by atoms with Gasteiger partial charge < -0.3 is 10.2 Å². The number of likely N-dealkylation sites (tertiary alicyclic amines) is 1. The van der Waals surface area contributed by atoms with Crippen LogP contribution in [-0.2, 0) is 11.2 Å². The third kappa shape index (κ3) is 3.93. The minimum atomic E-state index is -0.314. The fourth-order valence-corrected chi connectivity index (χ4v) is 2.56. The molecule has 0 saturated carbocycles. The number of carbonyl (C=O) groups is 1. The van der Waals surface area contributed by atoms with Crippen molar-refractivity contribution in [2.75, 3.05) is 19.6 Å². The summed E-state index contributed by atoms with van der Waals surface area (Å²) >= 11 is 0. The Kier molecular flexibility index (Phi) is 4.94. The molecule has 0 spiro atoms. The Hall–Kier alpha value is -1.63. The monoisotopic (exact) mass is 281 g/mol. The van der Waals surface area contributed by atoms with Crippen LogP contribution >= 0.6 is 0 Å². The van der Waals surface area contributed by atoms with E-state index < -0.39 is 0 Å². The first-order valence-electron chi connectivity index (χ1n) is 7.21. The van der Waals surface area contributed by atoms with Gasteiger partial charge in [0.05, 0.1) is 5.92 Å². The highest BCUT2D eigenvalue weighted by Crippen LogP contribution is 2.18. The van der Waals surface area contributed by atoms with Crippen LogP contribution in [0.3, 0.4) is 0 Å². The number of piperidine rings is 1. The van der Waals surface area contributed by atoms with Crippen molar-refractivity contribution in [3.63, 3.8) is 0 Å². The van der Waals surface area contributed by atoms with Gasteiger partial charge in [-0.1, -0.05) is 0 Å². The average Bonchev–Trinajstić information content (AvgIpc) is 2.84. The van der Waals surface area contributed by atoms with E-state index in [2.05, 4.69) is 39.2 Å². The zero-order valence-electron chi connectivity index (χ0n) is 12.1. The molecule has 3 N–H and O–H groups in total. The van der Waals surface area contributed by atoms with E-state index in [9.17, 15) is 9.59 Å². The molecule has 1 aromatic heterocycles. The zero-order valence-corrected chi connectivity index (χ0v) is 12.1. The van der Waals surface area contributed by atoms with Crippen molar-refractivity contribution in [1.29, 1.82) is 0 Å². The third-order valence-corrected chi connectivity index (χ3v) is 3.77. The van der Waals surface area contributed by atoms with Gasteiger partial charge in [0, 0.05) is 25.6 Å². The number of nitrogens with zero attached hydrogens (tertiary/aromatic N) is 2. The van der Waals surface area contributed by atoms with Crippen LogP contribution in [0, 0.1) is 5.92 Å². The minimum absolute atomic E-state index is 0.0735. The SMILES string of the molecule is CC(C)N1CCC[C@@H](C(=O)NCCc2n[nH]c(=O)[nH]2)C1. The molecule has 7 nitrogen and oxygen atoms in total. The Bertz CT molecular complexity index is 493. The molecule has 0 unspecified atom stereocenters. The lowest BCUT2D eigenvalue weighted by molar-refractivity contribution is -0.126. The molecule has 1 aliphatic rings. The fraction of sp³-hybridized carbons (Fsp3) is 0.769. The zero-order chi connectivity index (χ0) is 14.5. The number of hydrogen-bond donors (Lipinski definition) is 3. The molecule has 1 fully saturated rings. The van der Waals surface area contributed by atoms with E-state index in [0.29, 0.717) is 24.8 Å². The summed E-state index contributed by atoms with van der Waals surface area (Å²) in [5.74, 6) is 0.750.